The third-order valence-electron chi connectivity index (χ3n) is 5.62. The molecule has 0 saturated carbocycles. The number of imide groups is 1. The lowest BCUT2D eigenvalue weighted by molar-refractivity contribution is -0.127. The van der Waals surface area contributed by atoms with Crippen LogP contribution >= 0.6 is 15.9 Å². The number of hydrogen-bond acceptors (Lipinski definition) is 5. The number of hydrogen-bond donors (Lipinski definition) is 3. The van der Waals surface area contributed by atoms with Crippen molar-refractivity contribution in [2.75, 3.05) is 23.8 Å². The van der Waals surface area contributed by atoms with Crippen LogP contribution in [0.5, 0.6) is 5.75 Å². The van der Waals surface area contributed by atoms with Gasteiger partial charge in [0.1, 0.15) is 18.0 Å². The number of nitrogens with zero attached hydrogens (tertiary/aromatic N) is 1. The molecule has 5 amide bonds. The highest BCUT2D eigenvalue weighted by Crippen LogP contribution is 2.27. The van der Waals surface area contributed by atoms with Crippen LogP contribution in [0.2, 0.25) is 0 Å². The van der Waals surface area contributed by atoms with Gasteiger partial charge in [-0.1, -0.05) is 49.4 Å². The van der Waals surface area contributed by atoms with Gasteiger partial charge >= 0.3 is 6.03 Å². The van der Waals surface area contributed by atoms with Gasteiger partial charge in [0, 0.05) is 11.4 Å². The minimum atomic E-state index is -0.677. The SMILES string of the molecule is CCc1ccccc1NC(=O)CN1C(=O)N/C(=C/c2ccc(OCC(=O)Nc3ccccc3)c(Br)c2)C1=O. The Balaban J connectivity index is 1.36. The molecule has 1 aliphatic rings. The van der Waals surface area contributed by atoms with Gasteiger partial charge < -0.3 is 20.7 Å². The number of amides is 5. The number of carbonyl (C=O) groups is 4. The molecule has 3 N–H and O–H groups in total. The predicted octanol–water partition coefficient (Wildman–Crippen LogP) is 4.56. The summed E-state index contributed by atoms with van der Waals surface area (Å²) in [6.07, 6.45) is 2.23. The Morgan fingerprint density at radius 2 is 1.71 bits per heavy atom. The first-order valence-corrected chi connectivity index (χ1v) is 12.6. The molecular weight excluding hydrogens is 552 g/mol. The zero-order chi connectivity index (χ0) is 27.1. The molecule has 0 spiro atoms. The normalized spacial score (nSPS) is 13.8. The van der Waals surface area contributed by atoms with Gasteiger partial charge in [0.25, 0.3) is 11.8 Å². The van der Waals surface area contributed by atoms with E-state index in [1.165, 1.54) is 6.08 Å². The largest absolute Gasteiger partial charge is 0.483 e. The summed E-state index contributed by atoms with van der Waals surface area (Å²) in [4.78, 5) is 50.7. The second-order valence-electron chi connectivity index (χ2n) is 8.33. The van der Waals surface area contributed by atoms with Gasteiger partial charge in [0.05, 0.1) is 4.47 Å². The number of benzene rings is 3. The number of nitrogens with one attached hydrogen (secondary N) is 3. The molecule has 10 heteroatoms. The highest BCUT2D eigenvalue weighted by molar-refractivity contribution is 9.10. The molecule has 9 nitrogen and oxygen atoms in total. The van der Waals surface area contributed by atoms with E-state index in [0.717, 1.165) is 16.9 Å². The van der Waals surface area contributed by atoms with E-state index in [4.69, 9.17) is 4.74 Å². The monoisotopic (exact) mass is 576 g/mol. The Morgan fingerprint density at radius 1 is 0.974 bits per heavy atom. The zero-order valence-electron chi connectivity index (χ0n) is 20.5. The first kappa shape index (κ1) is 26.6. The summed E-state index contributed by atoms with van der Waals surface area (Å²) >= 11 is 3.41. The fourth-order valence-corrected chi connectivity index (χ4v) is 4.26. The van der Waals surface area contributed by atoms with E-state index in [0.29, 0.717) is 27.2 Å². The molecule has 0 aromatic heterocycles. The van der Waals surface area contributed by atoms with Gasteiger partial charge in [-0.3, -0.25) is 14.4 Å². The van der Waals surface area contributed by atoms with E-state index in [9.17, 15) is 19.2 Å². The second-order valence-corrected chi connectivity index (χ2v) is 9.19. The van der Waals surface area contributed by atoms with Crippen molar-refractivity contribution in [2.24, 2.45) is 0 Å². The van der Waals surface area contributed by atoms with Gasteiger partial charge in [-0.25, -0.2) is 9.69 Å². The lowest BCUT2D eigenvalue weighted by Crippen LogP contribution is -2.38. The van der Waals surface area contributed by atoms with Crippen LogP contribution in [0, 0.1) is 0 Å². The van der Waals surface area contributed by atoms with Crippen molar-refractivity contribution in [2.45, 2.75) is 13.3 Å². The molecule has 194 valence electrons. The first-order chi connectivity index (χ1) is 18.3. The molecule has 38 heavy (non-hydrogen) atoms. The van der Waals surface area contributed by atoms with Crippen LogP contribution in [0.1, 0.15) is 18.1 Å². The van der Waals surface area contributed by atoms with Crippen LogP contribution < -0.4 is 20.7 Å². The summed E-state index contributed by atoms with van der Waals surface area (Å²) in [5, 5.41) is 8.01. The Bertz CT molecular complexity index is 1410. The lowest BCUT2D eigenvalue weighted by Gasteiger charge is -2.13. The highest BCUT2D eigenvalue weighted by Gasteiger charge is 2.35. The summed E-state index contributed by atoms with van der Waals surface area (Å²) in [6, 6.07) is 20.7. The van der Waals surface area contributed by atoms with Crippen molar-refractivity contribution in [3.05, 3.63) is 94.1 Å². The second kappa shape index (κ2) is 12.2. The van der Waals surface area contributed by atoms with Crippen LogP contribution in [-0.2, 0) is 20.8 Å². The van der Waals surface area contributed by atoms with E-state index < -0.39 is 24.4 Å². The van der Waals surface area contributed by atoms with Gasteiger partial charge in [-0.05, 0) is 69.9 Å². The quantitative estimate of drug-likeness (QED) is 0.255. The molecule has 4 rings (SSSR count). The van der Waals surface area contributed by atoms with Gasteiger partial charge in [-0.15, -0.1) is 0 Å². The number of halogens is 1. The Labute approximate surface area is 228 Å². The minimum absolute atomic E-state index is 0.0413. The Morgan fingerprint density at radius 3 is 2.45 bits per heavy atom. The van der Waals surface area contributed by atoms with Crippen LogP contribution in [0.4, 0.5) is 16.2 Å². The van der Waals surface area contributed by atoms with Crippen molar-refractivity contribution in [3.8, 4) is 5.75 Å². The topological polar surface area (TPSA) is 117 Å². The molecule has 1 fully saturated rings. The maximum atomic E-state index is 12.8. The van der Waals surface area contributed by atoms with E-state index in [-0.39, 0.29) is 18.2 Å². The number of rotatable bonds is 9. The van der Waals surface area contributed by atoms with E-state index in [1.54, 1.807) is 42.5 Å². The number of anilines is 2. The van der Waals surface area contributed by atoms with Crippen LogP contribution in [0.3, 0.4) is 0 Å². The van der Waals surface area contributed by atoms with Crippen LogP contribution in [-0.4, -0.2) is 41.8 Å². The highest BCUT2D eigenvalue weighted by atomic mass is 79.9. The molecular formula is C28H25BrN4O5. The zero-order valence-corrected chi connectivity index (χ0v) is 22.1. The average Bonchev–Trinajstić information content (AvgIpc) is 3.16. The molecule has 1 aliphatic heterocycles. The predicted molar refractivity (Wildman–Crippen MR) is 147 cm³/mol. The van der Waals surface area contributed by atoms with Gasteiger partial charge in [0.2, 0.25) is 5.91 Å². The standard InChI is InChI=1S/C28H25BrN4O5/c1-2-19-8-6-7-11-22(19)31-25(34)16-33-27(36)23(32-28(33)37)15-18-12-13-24(21(29)14-18)38-17-26(35)30-20-9-4-3-5-10-20/h3-15H,2,16-17H2,1H3,(H,30,35)(H,31,34)(H,32,37)/b23-15+. The van der Waals surface area contributed by atoms with Crippen molar-refractivity contribution < 1.29 is 23.9 Å². The molecule has 0 aliphatic carbocycles. The van der Waals surface area contributed by atoms with E-state index in [1.807, 2.05) is 37.3 Å². The number of ether oxygens (including phenoxy) is 1. The van der Waals surface area contributed by atoms with Crippen molar-refractivity contribution in [3.63, 3.8) is 0 Å². The number of carbonyl (C=O) groups excluding carboxylic acids is 4. The molecule has 3 aromatic rings. The summed E-state index contributed by atoms with van der Waals surface area (Å²) in [5.41, 5.74) is 2.91. The molecule has 0 radical (unpaired) electrons. The van der Waals surface area contributed by atoms with Gasteiger partial charge in [0.15, 0.2) is 6.61 Å². The third-order valence-corrected chi connectivity index (χ3v) is 6.24. The van der Waals surface area contributed by atoms with Crippen molar-refractivity contribution >= 4 is 57.1 Å². The molecule has 0 bridgehead atoms. The Hall–Kier alpha value is -4.44. The maximum Gasteiger partial charge on any atom is 0.329 e. The minimum Gasteiger partial charge on any atom is -0.483 e. The molecule has 0 unspecified atom stereocenters. The van der Waals surface area contributed by atoms with Crippen molar-refractivity contribution in [1.82, 2.24) is 10.2 Å². The summed E-state index contributed by atoms with van der Waals surface area (Å²) < 4.78 is 6.15. The van der Waals surface area contributed by atoms with Gasteiger partial charge in [-0.2, -0.15) is 0 Å². The lowest BCUT2D eigenvalue weighted by atomic mass is 10.1. The third kappa shape index (κ3) is 6.65. The van der Waals surface area contributed by atoms with Crippen LogP contribution in [0.25, 0.3) is 6.08 Å². The number of urea groups is 1. The van der Waals surface area contributed by atoms with E-state index in [2.05, 4.69) is 31.9 Å². The molecule has 3 aromatic carbocycles. The Kier molecular flexibility index (Phi) is 8.55. The number of aryl methyl sites for hydroxylation is 1. The fourth-order valence-electron chi connectivity index (χ4n) is 3.75. The van der Waals surface area contributed by atoms with Crippen LogP contribution in [0.15, 0.2) is 83.0 Å². The average molecular weight is 577 g/mol. The summed E-state index contributed by atoms with van der Waals surface area (Å²) in [6.45, 7) is 1.36. The van der Waals surface area contributed by atoms with Crippen molar-refractivity contribution in [1.29, 1.82) is 0 Å². The summed E-state index contributed by atoms with van der Waals surface area (Å²) in [5.74, 6) is -0.960. The summed E-state index contributed by atoms with van der Waals surface area (Å²) in [7, 11) is 0. The number of para-hydroxylation sites is 2. The molecule has 0 atom stereocenters. The smallest absolute Gasteiger partial charge is 0.329 e. The van der Waals surface area contributed by atoms with E-state index >= 15 is 0 Å². The maximum absolute atomic E-state index is 12.8. The molecule has 1 saturated heterocycles. The first-order valence-electron chi connectivity index (χ1n) is 11.8. The fraction of sp³-hybridized carbons (Fsp3) is 0.143. The molecule has 1 heterocycles.